The van der Waals surface area contributed by atoms with Crippen LogP contribution in [0.1, 0.15) is 22.8 Å². The highest BCUT2D eigenvalue weighted by molar-refractivity contribution is 7.17. The minimum absolute atomic E-state index is 0.522. The minimum atomic E-state index is -0.522. The predicted molar refractivity (Wildman–Crippen MR) is 86.7 cm³/mol. The molecule has 0 aliphatic rings. The fourth-order valence-electron chi connectivity index (χ4n) is 2.48. The largest absolute Gasteiger partial charge is 0.388 e. The summed E-state index contributed by atoms with van der Waals surface area (Å²) in [6.45, 7) is 2.00. The van der Waals surface area contributed by atoms with Gasteiger partial charge in [-0.15, -0.1) is 11.3 Å². The van der Waals surface area contributed by atoms with Gasteiger partial charge in [0.25, 0.3) is 0 Å². The summed E-state index contributed by atoms with van der Waals surface area (Å²) in [4.78, 5) is 0. The molecular weight excluding hydrogens is 288 g/mol. The van der Waals surface area contributed by atoms with Gasteiger partial charge < -0.3 is 5.11 Å². The van der Waals surface area contributed by atoms with Gasteiger partial charge in [-0.1, -0.05) is 35.9 Å². The van der Waals surface area contributed by atoms with Crippen LogP contribution in [0.3, 0.4) is 0 Å². The van der Waals surface area contributed by atoms with Crippen LogP contribution in [0.25, 0.3) is 10.1 Å². The van der Waals surface area contributed by atoms with Crippen LogP contribution in [0.5, 0.6) is 0 Å². The smallest absolute Gasteiger partial charge is 0.0833 e. The van der Waals surface area contributed by atoms with E-state index in [-0.39, 0.29) is 0 Å². The van der Waals surface area contributed by atoms with Gasteiger partial charge in [-0.05, 0) is 52.6 Å². The van der Waals surface area contributed by atoms with Gasteiger partial charge in [0, 0.05) is 16.1 Å². The second kappa shape index (κ2) is 5.57. The summed E-state index contributed by atoms with van der Waals surface area (Å²) in [5.41, 5.74) is 3.17. The van der Waals surface area contributed by atoms with E-state index in [1.165, 1.54) is 15.6 Å². The number of thiophene rings is 1. The number of aliphatic hydroxyl groups excluding tert-OH is 1. The fourth-order valence-corrected chi connectivity index (χ4v) is 3.64. The maximum absolute atomic E-state index is 10.5. The van der Waals surface area contributed by atoms with E-state index in [2.05, 4.69) is 17.5 Å². The molecule has 3 heteroatoms. The Labute approximate surface area is 127 Å². The van der Waals surface area contributed by atoms with Crippen LogP contribution in [-0.2, 0) is 6.42 Å². The monoisotopic (exact) mass is 302 g/mol. The minimum Gasteiger partial charge on any atom is -0.388 e. The second-order valence-corrected chi connectivity index (χ2v) is 6.33. The molecular formula is C17H15ClOS. The van der Waals surface area contributed by atoms with Crippen LogP contribution >= 0.6 is 22.9 Å². The van der Waals surface area contributed by atoms with Crippen molar-refractivity contribution in [3.8, 4) is 0 Å². The number of fused-ring (bicyclic) bond motifs is 1. The van der Waals surface area contributed by atoms with Crippen molar-refractivity contribution >= 4 is 33.0 Å². The molecule has 1 nitrogen and oxygen atoms in total. The maximum atomic E-state index is 10.5. The summed E-state index contributed by atoms with van der Waals surface area (Å²) in [6, 6.07) is 14.0. The maximum Gasteiger partial charge on any atom is 0.0833 e. The molecule has 20 heavy (non-hydrogen) atoms. The highest BCUT2D eigenvalue weighted by Gasteiger charge is 2.14. The molecule has 3 aromatic rings. The molecule has 2 aromatic carbocycles. The first kappa shape index (κ1) is 13.6. The summed E-state index contributed by atoms with van der Waals surface area (Å²) < 4.78 is 1.26. The van der Waals surface area contributed by atoms with Gasteiger partial charge in [0.2, 0.25) is 0 Å². The predicted octanol–water partition coefficient (Wildman–Crippen LogP) is 5.14. The third-order valence-corrected chi connectivity index (χ3v) is 4.82. The Morgan fingerprint density at radius 2 is 2.00 bits per heavy atom. The lowest BCUT2D eigenvalue weighted by molar-refractivity contribution is 0.178. The van der Waals surface area contributed by atoms with Crippen molar-refractivity contribution in [3.63, 3.8) is 0 Å². The lowest BCUT2D eigenvalue weighted by atomic mass is 9.97. The summed E-state index contributed by atoms with van der Waals surface area (Å²) in [5, 5.41) is 14.5. The van der Waals surface area contributed by atoms with Crippen LogP contribution in [0.2, 0.25) is 5.02 Å². The zero-order valence-electron chi connectivity index (χ0n) is 11.1. The average molecular weight is 303 g/mol. The molecule has 1 heterocycles. The van der Waals surface area contributed by atoms with E-state index in [0.29, 0.717) is 11.4 Å². The number of aryl methyl sites for hydroxylation is 1. The molecule has 1 atom stereocenters. The third-order valence-electron chi connectivity index (χ3n) is 3.57. The quantitative estimate of drug-likeness (QED) is 0.710. The van der Waals surface area contributed by atoms with E-state index in [1.54, 1.807) is 11.3 Å². The SMILES string of the molecule is Cc1ccc(Cl)cc1C(O)Cc1csc2ccccc12. The highest BCUT2D eigenvalue weighted by atomic mass is 35.5. The van der Waals surface area contributed by atoms with Crippen molar-refractivity contribution in [1.29, 1.82) is 0 Å². The average Bonchev–Trinajstić information content (AvgIpc) is 2.85. The summed E-state index contributed by atoms with van der Waals surface area (Å²) in [5.74, 6) is 0. The standard InChI is InChI=1S/C17H15ClOS/c1-11-6-7-13(18)9-15(11)16(19)8-12-10-20-17-5-3-2-4-14(12)17/h2-7,9-10,16,19H,8H2,1H3. The van der Waals surface area contributed by atoms with Gasteiger partial charge in [0.05, 0.1) is 6.10 Å². The van der Waals surface area contributed by atoms with Crippen LogP contribution in [0, 0.1) is 6.92 Å². The van der Waals surface area contributed by atoms with Gasteiger partial charge >= 0.3 is 0 Å². The van der Waals surface area contributed by atoms with E-state index >= 15 is 0 Å². The van der Waals surface area contributed by atoms with Crippen molar-refractivity contribution in [2.45, 2.75) is 19.4 Å². The highest BCUT2D eigenvalue weighted by Crippen LogP contribution is 2.31. The number of hydrogen-bond acceptors (Lipinski definition) is 2. The Hall–Kier alpha value is -1.35. The molecule has 1 unspecified atom stereocenters. The Morgan fingerprint density at radius 1 is 1.20 bits per heavy atom. The Kier molecular flexibility index (Phi) is 3.79. The lowest BCUT2D eigenvalue weighted by Gasteiger charge is -2.14. The molecule has 3 rings (SSSR count). The van der Waals surface area contributed by atoms with Crippen molar-refractivity contribution in [2.75, 3.05) is 0 Å². The number of hydrogen-bond donors (Lipinski definition) is 1. The molecule has 0 amide bonds. The Morgan fingerprint density at radius 3 is 2.85 bits per heavy atom. The molecule has 0 radical (unpaired) electrons. The van der Waals surface area contributed by atoms with Gasteiger partial charge in [-0.2, -0.15) is 0 Å². The van der Waals surface area contributed by atoms with Crippen LogP contribution in [-0.4, -0.2) is 5.11 Å². The number of halogens is 1. The molecule has 0 saturated carbocycles. The van der Waals surface area contributed by atoms with E-state index < -0.39 is 6.10 Å². The third kappa shape index (κ3) is 2.59. The summed E-state index contributed by atoms with van der Waals surface area (Å²) >= 11 is 7.75. The second-order valence-electron chi connectivity index (χ2n) is 4.98. The molecule has 1 aromatic heterocycles. The van der Waals surface area contributed by atoms with E-state index in [4.69, 9.17) is 11.6 Å². The van der Waals surface area contributed by atoms with E-state index in [1.807, 2.05) is 37.3 Å². The van der Waals surface area contributed by atoms with Gasteiger partial charge in [-0.25, -0.2) is 0 Å². The molecule has 0 aliphatic carbocycles. The van der Waals surface area contributed by atoms with Crippen LogP contribution in [0.15, 0.2) is 47.8 Å². The Balaban J connectivity index is 1.92. The van der Waals surface area contributed by atoms with E-state index in [0.717, 1.165) is 11.1 Å². The molecule has 102 valence electrons. The lowest BCUT2D eigenvalue weighted by Crippen LogP contribution is -2.03. The van der Waals surface area contributed by atoms with Crippen LogP contribution < -0.4 is 0 Å². The van der Waals surface area contributed by atoms with Gasteiger partial charge in [0.1, 0.15) is 0 Å². The molecule has 0 bridgehead atoms. The zero-order valence-corrected chi connectivity index (χ0v) is 12.7. The van der Waals surface area contributed by atoms with Crippen molar-refractivity contribution in [3.05, 3.63) is 69.6 Å². The molecule has 0 spiro atoms. The molecule has 1 N–H and O–H groups in total. The van der Waals surface area contributed by atoms with Gasteiger partial charge in [0.15, 0.2) is 0 Å². The number of benzene rings is 2. The molecule has 0 aliphatic heterocycles. The molecule has 0 saturated heterocycles. The van der Waals surface area contributed by atoms with Gasteiger partial charge in [-0.3, -0.25) is 0 Å². The number of aliphatic hydroxyl groups is 1. The summed E-state index contributed by atoms with van der Waals surface area (Å²) in [7, 11) is 0. The topological polar surface area (TPSA) is 20.2 Å². The normalized spacial score (nSPS) is 12.8. The van der Waals surface area contributed by atoms with Crippen LogP contribution in [0.4, 0.5) is 0 Å². The summed E-state index contributed by atoms with van der Waals surface area (Å²) in [6.07, 6.45) is 0.0947. The molecule has 0 fully saturated rings. The van der Waals surface area contributed by atoms with Crippen molar-refractivity contribution in [2.24, 2.45) is 0 Å². The Bertz CT molecular complexity index is 748. The van der Waals surface area contributed by atoms with Crippen molar-refractivity contribution < 1.29 is 5.11 Å². The number of rotatable bonds is 3. The zero-order chi connectivity index (χ0) is 14.1. The van der Waals surface area contributed by atoms with Crippen molar-refractivity contribution in [1.82, 2.24) is 0 Å². The fraction of sp³-hybridized carbons (Fsp3) is 0.176. The van der Waals surface area contributed by atoms with E-state index in [9.17, 15) is 5.11 Å². The first-order valence-electron chi connectivity index (χ1n) is 6.54. The first-order valence-corrected chi connectivity index (χ1v) is 7.80. The first-order chi connectivity index (χ1) is 9.65.